The summed E-state index contributed by atoms with van der Waals surface area (Å²) < 4.78 is 21.0. The third kappa shape index (κ3) is 1170. The van der Waals surface area contributed by atoms with Gasteiger partial charge in [-0.05, 0) is 6.42 Å². The summed E-state index contributed by atoms with van der Waals surface area (Å²) in [6.45, 7) is 23.8. The third-order valence-electron chi connectivity index (χ3n) is 1.91. The van der Waals surface area contributed by atoms with Crippen LogP contribution in [0.25, 0.3) is 0 Å². The van der Waals surface area contributed by atoms with E-state index in [2.05, 4.69) is 51.3 Å². The van der Waals surface area contributed by atoms with Gasteiger partial charge in [-0.15, -0.1) is 0 Å². The quantitative estimate of drug-likeness (QED) is 0.155. The van der Waals surface area contributed by atoms with Crippen molar-refractivity contribution in [2.45, 2.75) is 121 Å². The Morgan fingerprint density at radius 2 is 0.721 bits per heavy atom. The van der Waals surface area contributed by atoms with E-state index in [0.29, 0.717) is 20.8 Å². The summed E-state index contributed by atoms with van der Waals surface area (Å²) in [5.74, 6) is 0. The molecule has 0 saturated heterocycles. The molecule has 1 N–H and O–H groups in total. The largest absolute Gasteiger partial charge is 0.484 e. The molecule has 0 aromatic heterocycles. The second-order valence-electron chi connectivity index (χ2n) is 5.41. The van der Waals surface area contributed by atoms with Crippen molar-refractivity contribution < 1.29 is 93.4 Å². The van der Waals surface area contributed by atoms with Gasteiger partial charge in [0.2, 0.25) is 0 Å². The molecule has 0 amide bonds. The summed E-state index contributed by atoms with van der Waals surface area (Å²) in [5.41, 5.74) is 0. The molecule has 271 valence electrons. The minimum absolute atomic E-state index is 0. The summed E-state index contributed by atoms with van der Waals surface area (Å²) in [7, 11) is 11.8. The van der Waals surface area contributed by atoms with E-state index in [1.54, 1.807) is 42.7 Å². The van der Waals surface area contributed by atoms with Gasteiger partial charge in [0.1, 0.15) is 0 Å². The Hall–Kier alpha value is -0.580. The van der Waals surface area contributed by atoms with Crippen LogP contribution in [0.15, 0.2) is 0 Å². The maximum atomic E-state index is 9.34. The van der Waals surface area contributed by atoms with Crippen LogP contribution in [0, 0.1) is 0 Å². The predicted octanol–water partition coefficient (Wildman–Crippen LogP) is 6.82. The maximum absolute atomic E-state index is 9.34. The van der Waals surface area contributed by atoms with Crippen LogP contribution in [0.3, 0.4) is 0 Å². The van der Waals surface area contributed by atoms with Gasteiger partial charge in [-0.1, -0.05) is 115 Å². The van der Waals surface area contributed by atoms with Gasteiger partial charge >= 0.3 is 20.0 Å². The van der Waals surface area contributed by atoms with Gasteiger partial charge in [0.25, 0.3) is 6.47 Å². The molecule has 0 bridgehead atoms. The van der Waals surface area contributed by atoms with Crippen LogP contribution in [0.2, 0.25) is 0 Å². The van der Waals surface area contributed by atoms with Crippen molar-refractivity contribution in [2.75, 3.05) is 56.4 Å². The molecule has 0 atom stereocenters. The van der Waals surface area contributed by atoms with Gasteiger partial charge in [0, 0.05) is 90.6 Å². The topological polar surface area (TPSA) is 152 Å². The normalized spacial score (nSPS) is 5.65. The molecule has 0 fully saturated rings. The smallest absolute Gasteiger partial charge is 0.468 e. The van der Waals surface area contributed by atoms with Crippen molar-refractivity contribution in [2.24, 2.45) is 0 Å². The molecule has 0 rings (SSSR count). The fourth-order valence-electron chi connectivity index (χ4n) is 0.873. The summed E-state index contributed by atoms with van der Waals surface area (Å²) in [6, 6.07) is 0. The molecule has 0 aliphatic heterocycles. The van der Waals surface area contributed by atoms with Gasteiger partial charge in [0.05, 0.1) is 6.61 Å². The molecular weight excluding hydrogens is 908 g/mol. The minimum atomic E-state index is 0. The monoisotopic (exact) mass is 981 g/mol. The first-order valence-electron chi connectivity index (χ1n) is 14.0. The van der Waals surface area contributed by atoms with E-state index in [1.807, 2.05) is 48.5 Å². The predicted molar refractivity (Wildman–Crippen MR) is 171 cm³/mol. The molecule has 3 radical (unpaired) electrons. The van der Waals surface area contributed by atoms with Crippen molar-refractivity contribution in [3.05, 3.63) is 0 Å². The number of ether oxygens (including phenoxy) is 4. The van der Waals surface area contributed by atoms with Gasteiger partial charge in [-0.25, -0.2) is 0 Å². The van der Waals surface area contributed by atoms with Gasteiger partial charge in [0.15, 0.2) is 0 Å². The first-order valence-corrected chi connectivity index (χ1v) is 14.0. The second kappa shape index (κ2) is 251. The van der Waals surface area contributed by atoms with Gasteiger partial charge < -0.3 is 28.6 Å². The van der Waals surface area contributed by atoms with Crippen LogP contribution in [-0.4, -0.2) is 87.9 Å². The summed E-state index contributed by atoms with van der Waals surface area (Å²) in [4.78, 5) is 41.8. The van der Waals surface area contributed by atoms with Crippen molar-refractivity contribution in [3.63, 3.8) is 0 Å². The van der Waals surface area contributed by atoms with Crippen LogP contribution < -0.4 is 0 Å². The van der Waals surface area contributed by atoms with Crippen LogP contribution in [0.1, 0.15) is 121 Å². The van der Waals surface area contributed by atoms with Crippen molar-refractivity contribution in [1.29, 1.82) is 0 Å². The molecule has 0 spiro atoms. The zero-order valence-corrected chi connectivity index (χ0v) is 36.5. The number of rotatable bonds is 8. The molecule has 0 saturated carbocycles. The molecule has 0 heterocycles. The van der Waals surface area contributed by atoms with E-state index >= 15 is 0 Å². The minimum Gasteiger partial charge on any atom is -0.468 e. The number of carbonyl (C=O) groups excluding carboxylic acids is 5. The zero-order valence-electron chi connectivity index (χ0n) is 31.1. The first kappa shape index (κ1) is 90.1. The van der Waals surface area contributed by atoms with Gasteiger partial charge in [-0.2, -0.15) is 19.2 Å². The second-order valence-corrected chi connectivity index (χ2v) is 5.41. The van der Waals surface area contributed by atoms with E-state index in [1.165, 1.54) is 45.6 Å². The van der Waals surface area contributed by atoms with E-state index in [0.717, 1.165) is 6.42 Å². The average Bonchev–Trinajstić information content (AvgIpc) is 2.99. The Bertz CT molecular complexity index is 283. The Morgan fingerprint density at radius 3 is 0.744 bits per heavy atom. The number of hydrogen-bond donors (Lipinski definition) is 1. The van der Waals surface area contributed by atoms with Crippen LogP contribution in [0.5, 0.6) is 0 Å². The Labute approximate surface area is 296 Å². The molecular formula is C29H72BO11Re2. The number of methoxy groups -OCH3 is 3. The van der Waals surface area contributed by atoms with Crippen LogP contribution in [-0.2, 0) is 88.4 Å². The van der Waals surface area contributed by atoms with Crippen LogP contribution >= 0.6 is 0 Å². The SMILES string of the molecule is CC.CC.CC.CCCCC.CCCCC.CCCOC=O.COC.COC.COC.CO[B]O.O=C=O.O=C=O.[Re].[Re]. The number of hydrogen-bond acceptors (Lipinski definition) is 11. The Morgan fingerprint density at radius 1 is 0.558 bits per heavy atom. The number of unbranched alkanes of at least 4 members (excludes halogenated alkanes) is 4. The Kier molecular flexibility index (Phi) is 526. The Balaban J connectivity index is -0.0000000180. The van der Waals surface area contributed by atoms with E-state index in [-0.39, 0.29) is 53.1 Å². The summed E-state index contributed by atoms with van der Waals surface area (Å²) in [5, 5.41) is 7.53. The number of carbonyl (C=O) groups is 1. The van der Waals surface area contributed by atoms with E-state index < -0.39 is 0 Å². The first-order chi connectivity index (χ1) is 19.7. The standard InChI is InChI=1S/2C5H12.C4H8O2.3C2H6O.3C2H6.CH4BO2.2CO2.2Re/c2*1-3-5-4-2;1-2-3-6-4-5;3*1-3-2;3*1-2;1-4-2-3;2*2-1-3;;/h2*3-5H2,1-2H3;4H,2-3H2,1H3;3*1-2H3;3*1-2H3;3H,1H3;;;;. The summed E-state index contributed by atoms with van der Waals surface area (Å²) in [6.07, 6.45) is 9.55. The van der Waals surface area contributed by atoms with Crippen molar-refractivity contribution in [3.8, 4) is 0 Å². The molecule has 14 heteroatoms. The van der Waals surface area contributed by atoms with Gasteiger partial charge in [-0.3, -0.25) is 4.79 Å². The maximum Gasteiger partial charge on any atom is 0.484 e. The molecule has 0 aliphatic carbocycles. The molecule has 0 aliphatic rings. The average molecular weight is 980 g/mol. The molecule has 0 aromatic rings. The van der Waals surface area contributed by atoms with E-state index in [9.17, 15) is 4.79 Å². The van der Waals surface area contributed by atoms with E-state index in [4.69, 9.17) is 24.2 Å². The molecule has 0 aromatic carbocycles. The molecule has 11 nitrogen and oxygen atoms in total. The van der Waals surface area contributed by atoms with Crippen molar-refractivity contribution >= 4 is 26.5 Å². The molecule has 0 unspecified atom stereocenters. The fraction of sp³-hybridized carbons (Fsp3) is 0.897. The van der Waals surface area contributed by atoms with Crippen LogP contribution in [0.4, 0.5) is 0 Å². The fourth-order valence-corrected chi connectivity index (χ4v) is 0.873. The summed E-state index contributed by atoms with van der Waals surface area (Å²) >= 11 is 0. The zero-order chi connectivity index (χ0) is 36.0. The molecule has 43 heavy (non-hydrogen) atoms. The third-order valence-corrected chi connectivity index (χ3v) is 1.91. The van der Waals surface area contributed by atoms with Crippen molar-refractivity contribution in [1.82, 2.24) is 0 Å².